The van der Waals surface area contributed by atoms with Crippen LogP contribution in [0.5, 0.6) is 0 Å². The van der Waals surface area contributed by atoms with Crippen molar-refractivity contribution < 1.29 is 14.4 Å². The van der Waals surface area contributed by atoms with Crippen LogP contribution in [-0.2, 0) is 14.4 Å². The van der Waals surface area contributed by atoms with Crippen molar-refractivity contribution >= 4 is 40.6 Å². The maximum absolute atomic E-state index is 12.1. The van der Waals surface area contributed by atoms with E-state index in [1.54, 1.807) is 0 Å². The van der Waals surface area contributed by atoms with Crippen LogP contribution in [0.25, 0.3) is 0 Å². The summed E-state index contributed by atoms with van der Waals surface area (Å²) in [5.41, 5.74) is 11.4. The minimum absolute atomic E-state index is 0.186. The Kier molecular flexibility index (Phi) is 9.39. The van der Waals surface area contributed by atoms with E-state index in [1.807, 2.05) is 27.7 Å². The number of halogens is 2. The second-order valence-electron chi connectivity index (χ2n) is 6.40. The van der Waals surface area contributed by atoms with Gasteiger partial charge in [0.1, 0.15) is 0 Å². The first-order valence-electron chi connectivity index (χ1n) is 7.39. The molecule has 0 rings (SSSR count). The number of Topliss-reactive ketones (excluding diaryl/α,β-unsaturated/α-hetero) is 3. The summed E-state index contributed by atoms with van der Waals surface area (Å²) >= 11 is 11.7. The van der Waals surface area contributed by atoms with Gasteiger partial charge in [0.15, 0.2) is 28.1 Å². The molecule has 0 aromatic rings. The number of nitrogens with two attached hydrogens (primary N) is 2. The summed E-state index contributed by atoms with van der Waals surface area (Å²) < 4.78 is 0. The van der Waals surface area contributed by atoms with Crippen LogP contribution >= 0.6 is 23.2 Å². The lowest BCUT2D eigenvalue weighted by molar-refractivity contribution is -0.130. The number of hydrogen-bond acceptors (Lipinski definition) is 5. The molecule has 0 amide bonds. The van der Waals surface area contributed by atoms with E-state index in [9.17, 15) is 14.4 Å². The highest BCUT2D eigenvalue weighted by atomic mass is 35.5. The van der Waals surface area contributed by atoms with E-state index >= 15 is 0 Å². The van der Waals surface area contributed by atoms with Crippen LogP contribution in [0.1, 0.15) is 40.5 Å². The summed E-state index contributed by atoms with van der Waals surface area (Å²) in [5.74, 6) is -1.71. The third kappa shape index (κ3) is 6.73. The van der Waals surface area contributed by atoms with E-state index in [1.165, 1.54) is 0 Å². The van der Waals surface area contributed by atoms with Gasteiger partial charge in [-0.15, -0.1) is 23.2 Å². The van der Waals surface area contributed by atoms with Crippen LogP contribution in [0.3, 0.4) is 0 Å². The SMILES string of the molecule is CC(C)CC(N)C(=O)C(Cl)C(=O)C(Cl)C(=O)C(N)CC(C)C. The average molecular weight is 353 g/mol. The molecule has 128 valence electrons. The van der Waals surface area contributed by atoms with Crippen LogP contribution in [0.4, 0.5) is 0 Å². The fraction of sp³-hybridized carbons (Fsp3) is 0.800. The largest absolute Gasteiger partial charge is 0.321 e. The number of ketones is 3. The number of hydrogen-bond donors (Lipinski definition) is 2. The van der Waals surface area contributed by atoms with E-state index in [2.05, 4.69) is 0 Å². The lowest BCUT2D eigenvalue weighted by Crippen LogP contribution is -2.47. The Morgan fingerprint density at radius 1 is 0.727 bits per heavy atom. The van der Waals surface area contributed by atoms with Crippen molar-refractivity contribution in [2.24, 2.45) is 23.3 Å². The molecule has 0 heterocycles. The molecule has 0 aromatic heterocycles. The van der Waals surface area contributed by atoms with Crippen LogP contribution in [0, 0.1) is 11.8 Å². The molecule has 4 N–H and O–H groups in total. The summed E-state index contributed by atoms with van der Waals surface area (Å²) in [5, 5.41) is -3.04. The monoisotopic (exact) mass is 352 g/mol. The van der Waals surface area contributed by atoms with E-state index in [0.29, 0.717) is 12.8 Å². The fourth-order valence-electron chi connectivity index (χ4n) is 2.03. The minimum Gasteiger partial charge on any atom is -0.321 e. The van der Waals surface area contributed by atoms with Gasteiger partial charge in [-0.1, -0.05) is 27.7 Å². The lowest BCUT2D eigenvalue weighted by atomic mass is 9.94. The third-order valence-electron chi connectivity index (χ3n) is 3.18. The van der Waals surface area contributed by atoms with E-state index < -0.39 is 40.2 Å². The molecule has 0 aromatic carbocycles. The predicted molar refractivity (Wildman–Crippen MR) is 89.2 cm³/mol. The molecule has 0 aliphatic heterocycles. The molecule has 0 bridgehead atoms. The van der Waals surface area contributed by atoms with Crippen molar-refractivity contribution in [3.8, 4) is 0 Å². The molecule has 0 fully saturated rings. The molecule has 0 saturated heterocycles. The van der Waals surface area contributed by atoms with Gasteiger partial charge in [0.25, 0.3) is 0 Å². The van der Waals surface area contributed by atoms with Gasteiger partial charge in [-0.25, -0.2) is 0 Å². The fourth-order valence-corrected chi connectivity index (χ4v) is 2.67. The van der Waals surface area contributed by atoms with Gasteiger partial charge in [-0.05, 0) is 24.7 Å². The minimum atomic E-state index is -1.52. The van der Waals surface area contributed by atoms with E-state index in [-0.39, 0.29) is 11.8 Å². The summed E-state index contributed by atoms with van der Waals surface area (Å²) in [7, 11) is 0. The Morgan fingerprint density at radius 3 is 1.23 bits per heavy atom. The first kappa shape index (κ1) is 21.5. The van der Waals surface area contributed by atoms with Crippen molar-refractivity contribution in [1.29, 1.82) is 0 Å². The molecule has 4 unspecified atom stereocenters. The number of alkyl halides is 2. The first-order chi connectivity index (χ1) is 9.98. The number of carbonyl (C=O) groups is 3. The molecule has 0 spiro atoms. The zero-order chi connectivity index (χ0) is 17.6. The molecule has 0 aliphatic carbocycles. The Balaban J connectivity index is 4.80. The summed E-state index contributed by atoms with van der Waals surface area (Å²) in [4.78, 5) is 36.1. The summed E-state index contributed by atoms with van der Waals surface area (Å²) in [6.45, 7) is 7.60. The van der Waals surface area contributed by atoms with Crippen LogP contribution in [0.15, 0.2) is 0 Å². The predicted octanol–water partition coefficient (Wildman–Crippen LogP) is 1.66. The van der Waals surface area contributed by atoms with Gasteiger partial charge in [-0.2, -0.15) is 0 Å². The highest BCUT2D eigenvalue weighted by Crippen LogP contribution is 2.16. The van der Waals surface area contributed by atoms with Crippen molar-refractivity contribution in [1.82, 2.24) is 0 Å². The lowest BCUT2D eigenvalue weighted by Gasteiger charge is -2.19. The zero-order valence-corrected chi connectivity index (χ0v) is 15.0. The maximum Gasteiger partial charge on any atom is 0.183 e. The normalized spacial score (nSPS) is 17.2. The second kappa shape index (κ2) is 9.60. The molecule has 0 aliphatic rings. The maximum atomic E-state index is 12.1. The molecule has 7 heteroatoms. The Hall–Kier alpha value is -0.490. The van der Waals surface area contributed by atoms with Gasteiger partial charge in [0, 0.05) is 0 Å². The average Bonchev–Trinajstić information content (AvgIpc) is 2.41. The van der Waals surface area contributed by atoms with Gasteiger partial charge < -0.3 is 11.5 Å². The molecule has 22 heavy (non-hydrogen) atoms. The van der Waals surface area contributed by atoms with Gasteiger partial charge in [-0.3, -0.25) is 14.4 Å². The van der Waals surface area contributed by atoms with Crippen LogP contribution < -0.4 is 11.5 Å². The summed E-state index contributed by atoms with van der Waals surface area (Å²) in [6.07, 6.45) is 0.812. The molecule has 5 nitrogen and oxygen atoms in total. The topological polar surface area (TPSA) is 103 Å². The second-order valence-corrected chi connectivity index (χ2v) is 7.28. The van der Waals surface area contributed by atoms with Crippen molar-refractivity contribution in [3.05, 3.63) is 0 Å². The Bertz CT molecular complexity index is 378. The summed E-state index contributed by atoms with van der Waals surface area (Å²) in [6, 6.07) is -1.70. The number of rotatable bonds is 10. The standard InChI is InChI=1S/C15H26Cl2N2O3/c1-7(2)5-9(18)13(20)11(16)15(22)12(17)14(21)10(19)6-8(3)4/h7-12H,5-6,18-19H2,1-4H3. The Morgan fingerprint density at radius 2 is 1.00 bits per heavy atom. The molecular formula is C15H26Cl2N2O3. The van der Waals surface area contributed by atoms with Crippen LogP contribution in [0.2, 0.25) is 0 Å². The highest BCUT2D eigenvalue weighted by Gasteiger charge is 2.37. The Labute approximate surface area is 142 Å². The van der Waals surface area contributed by atoms with Gasteiger partial charge in [0.05, 0.1) is 12.1 Å². The van der Waals surface area contributed by atoms with Gasteiger partial charge >= 0.3 is 0 Å². The van der Waals surface area contributed by atoms with Crippen LogP contribution in [-0.4, -0.2) is 40.2 Å². The van der Waals surface area contributed by atoms with Crippen molar-refractivity contribution in [2.45, 2.75) is 63.4 Å². The number of carbonyl (C=O) groups excluding carboxylic acids is 3. The van der Waals surface area contributed by atoms with Crippen molar-refractivity contribution in [3.63, 3.8) is 0 Å². The first-order valence-corrected chi connectivity index (χ1v) is 8.26. The molecule has 4 atom stereocenters. The molecule has 0 radical (unpaired) electrons. The molecular weight excluding hydrogens is 327 g/mol. The zero-order valence-electron chi connectivity index (χ0n) is 13.5. The highest BCUT2D eigenvalue weighted by molar-refractivity contribution is 6.52. The smallest absolute Gasteiger partial charge is 0.183 e. The van der Waals surface area contributed by atoms with Crippen molar-refractivity contribution in [2.75, 3.05) is 0 Å². The van der Waals surface area contributed by atoms with Gasteiger partial charge in [0.2, 0.25) is 0 Å². The quantitative estimate of drug-likeness (QED) is 0.459. The third-order valence-corrected chi connectivity index (χ3v) is 4.04. The van der Waals surface area contributed by atoms with E-state index in [0.717, 1.165) is 0 Å². The van der Waals surface area contributed by atoms with E-state index in [4.69, 9.17) is 34.7 Å². The molecule has 0 saturated carbocycles.